The fourth-order valence-corrected chi connectivity index (χ4v) is 5.41. The van der Waals surface area contributed by atoms with E-state index >= 15 is 0 Å². The lowest BCUT2D eigenvalue weighted by molar-refractivity contribution is -0.0286. The SMILES string of the molecule is CC(C)C1(C(C)C)C=CCC(C(C)C)(C(C)C)C1N=Nc1ccccc1. The third-order valence-electron chi connectivity index (χ3n) is 7.06. The molecule has 0 spiro atoms. The molecule has 1 atom stereocenters. The normalized spacial score (nSPS) is 22.2. The Bertz CT molecular complexity index is 607. The molecule has 144 valence electrons. The van der Waals surface area contributed by atoms with Gasteiger partial charge in [0.05, 0.1) is 11.7 Å². The summed E-state index contributed by atoms with van der Waals surface area (Å²) in [6.45, 7) is 18.9. The molecule has 0 radical (unpaired) electrons. The van der Waals surface area contributed by atoms with Gasteiger partial charge in [-0.1, -0.05) is 85.7 Å². The quantitative estimate of drug-likeness (QED) is 0.369. The Kier molecular flexibility index (Phi) is 6.47. The van der Waals surface area contributed by atoms with Crippen LogP contribution >= 0.6 is 0 Å². The van der Waals surface area contributed by atoms with Crippen molar-refractivity contribution in [3.8, 4) is 0 Å². The highest BCUT2D eigenvalue weighted by Gasteiger charge is 2.57. The molecule has 0 bridgehead atoms. The number of rotatable bonds is 6. The van der Waals surface area contributed by atoms with Crippen LogP contribution in [0, 0.1) is 34.5 Å². The van der Waals surface area contributed by atoms with Crippen LogP contribution in [0.25, 0.3) is 0 Å². The molecule has 0 saturated heterocycles. The van der Waals surface area contributed by atoms with Gasteiger partial charge in [0, 0.05) is 10.8 Å². The summed E-state index contributed by atoms with van der Waals surface area (Å²) in [7, 11) is 0. The molecule has 1 aromatic rings. The number of allylic oxidation sites excluding steroid dienone is 1. The molecule has 0 fully saturated rings. The maximum atomic E-state index is 5.12. The molecule has 0 aromatic heterocycles. The van der Waals surface area contributed by atoms with Gasteiger partial charge in [0.2, 0.25) is 0 Å². The summed E-state index contributed by atoms with van der Waals surface area (Å²) in [5.74, 6) is 2.11. The van der Waals surface area contributed by atoms with Crippen LogP contribution in [0.1, 0.15) is 61.8 Å². The maximum Gasteiger partial charge on any atom is 0.0871 e. The van der Waals surface area contributed by atoms with Crippen molar-refractivity contribution in [1.82, 2.24) is 0 Å². The summed E-state index contributed by atoms with van der Waals surface area (Å²) in [4.78, 5) is 0. The molecule has 1 aliphatic rings. The zero-order valence-corrected chi connectivity index (χ0v) is 18.0. The number of hydrogen-bond acceptors (Lipinski definition) is 2. The Morgan fingerprint density at radius 1 is 0.808 bits per heavy atom. The van der Waals surface area contributed by atoms with E-state index in [4.69, 9.17) is 10.2 Å². The summed E-state index contributed by atoms with van der Waals surface area (Å²) < 4.78 is 0. The van der Waals surface area contributed by atoms with E-state index in [1.165, 1.54) is 0 Å². The van der Waals surface area contributed by atoms with Crippen LogP contribution in [0.2, 0.25) is 0 Å². The Balaban J connectivity index is 2.66. The first-order valence-corrected chi connectivity index (χ1v) is 10.3. The highest BCUT2D eigenvalue weighted by molar-refractivity contribution is 5.35. The van der Waals surface area contributed by atoms with E-state index in [-0.39, 0.29) is 16.9 Å². The van der Waals surface area contributed by atoms with Crippen molar-refractivity contribution in [2.45, 2.75) is 67.9 Å². The third kappa shape index (κ3) is 3.40. The smallest absolute Gasteiger partial charge is 0.0871 e. The van der Waals surface area contributed by atoms with Gasteiger partial charge in [-0.15, -0.1) is 0 Å². The van der Waals surface area contributed by atoms with E-state index in [1.54, 1.807) is 0 Å². The minimum Gasteiger partial charge on any atom is -0.184 e. The summed E-state index contributed by atoms with van der Waals surface area (Å²) in [5.41, 5.74) is 1.11. The molecule has 0 N–H and O–H groups in total. The standard InChI is InChI=1S/C24H38N2/c1-17(2)23(18(3)4)15-12-16-24(19(5)6,20(7)8)22(23)26-25-21-13-10-9-11-14-21/h9-15,17-20,22H,16H2,1-8H3. The second kappa shape index (κ2) is 8.06. The topological polar surface area (TPSA) is 24.7 Å². The van der Waals surface area contributed by atoms with Crippen molar-refractivity contribution in [3.05, 3.63) is 42.5 Å². The first-order valence-electron chi connectivity index (χ1n) is 10.3. The minimum atomic E-state index is 0.0328. The summed E-state index contributed by atoms with van der Waals surface area (Å²) >= 11 is 0. The molecule has 0 aliphatic heterocycles. The predicted octanol–water partition coefficient (Wildman–Crippen LogP) is 7.70. The molecule has 26 heavy (non-hydrogen) atoms. The van der Waals surface area contributed by atoms with Crippen molar-refractivity contribution >= 4 is 5.69 Å². The summed E-state index contributed by atoms with van der Waals surface area (Å²) in [6.07, 6.45) is 6.00. The molecule has 2 heteroatoms. The monoisotopic (exact) mass is 354 g/mol. The van der Waals surface area contributed by atoms with E-state index in [2.05, 4.69) is 67.5 Å². The molecular weight excluding hydrogens is 316 g/mol. The van der Waals surface area contributed by atoms with Gasteiger partial charge in [-0.2, -0.15) is 10.2 Å². The lowest BCUT2D eigenvalue weighted by atomic mass is 9.48. The van der Waals surface area contributed by atoms with Crippen molar-refractivity contribution in [1.29, 1.82) is 0 Å². The number of nitrogens with zero attached hydrogens (tertiary/aromatic N) is 2. The van der Waals surface area contributed by atoms with Gasteiger partial charge in [0.15, 0.2) is 0 Å². The Morgan fingerprint density at radius 3 is 1.81 bits per heavy atom. The fraction of sp³-hybridized carbons (Fsp3) is 0.667. The number of benzene rings is 1. The first-order chi connectivity index (χ1) is 12.2. The maximum absolute atomic E-state index is 5.12. The average Bonchev–Trinajstić information content (AvgIpc) is 2.59. The Hall–Kier alpha value is -1.44. The van der Waals surface area contributed by atoms with Crippen LogP contribution in [0.4, 0.5) is 5.69 Å². The lowest BCUT2D eigenvalue weighted by Gasteiger charge is -2.57. The average molecular weight is 355 g/mol. The van der Waals surface area contributed by atoms with Crippen LogP contribution in [0.15, 0.2) is 52.7 Å². The van der Waals surface area contributed by atoms with Crippen LogP contribution in [0.3, 0.4) is 0 Å². The molecule has 1 aromatic carbocycles. The minimum absolute atomic E-state index is 0.0328. The van der Waals surface area contributed by atoms with E-state index in [9.17, 15) is 0 Å². The van der Waals surface area contributed by atoms with Gasteiger partial charge in [-0.3, -0.25) is 0 Å². The van der Waals surface area contributed by atoms with Crippen molar-refractivity contribution in [3.63, 3.8) is 0 Å². The molecule has 2 rings (SSSR count). The molecule has 1 unspecified atom stereocenters. The second-order valence-corrected chi connectivity index (χ2v) is 9.29. The van der Waals surface area contributed by atoms with E-state index < -0.39 is 0 Å². The largest absolute Gasteiger partial charge is 0.184 e. The van der Waals surface area contributed by atoms with Crippen molar-refractivity contribution in [2.24, 2.45) is 44.7 Å². The molecule has 0 amide bonds. The van der Waals surface area contributed by atoms with Gasteiger partial charge in [-0.05, 0) is 42.2 Å². The molecule has 0 saturated carbocycles. The van der Waals surface area contributed by atoms with E-state index in [1.807, 2.05) is 30.3 Å². The summed E-state index contributed by atoms with van der Waals surface area (Å²) in [5, 5.41) is 9.86. The van der Waals surface area contributed by atoms with Crippen LogP contribution < -0.4 is 0 Å². The third-order valence-corrected chi connectivity index (χ3v) is 7.06. The van der Waals surface area contributed by atoms with Gasteiger partial charge in [0.25, 0.3) is 0 Å². The molecule has 1 aliphatic carbocycles. The lowest BCUT2D eigenvalue weighted by Crippen LogP contribution is -2.57. The zero-order chi connectivity index (χ0) is 19.5. The number of hydrogen-bond donors (Lipinski definition) is 0. The van der Waals surface area contributed by atoms with Crippen LogP contribution in [0.5, 0.6) is 0 Å². The highest BCUT2D eigenvalue weighted by Crippen LogP contribution is 2.58. The van der Waals surface area contributed by atoms with Crippen molar-refractivity contribution in [2.75, 3.05) is 0 Å². The van der Waals surface area contributed by atoms with Crippen LogP contribution in [-0.4, -0.2) is 6.04 Å². The molecular formula is C24H38N2. The fourth-order valence-electron chi connectivity index (χ4n) is 5.41. The van der Waals surface area contributed by atoms with Gasteiger partial charge >= 0.3 is 0 Å². The highest BCUT2D eigenvalue weighted by atomic mass is 15.1. The van der Waals surface area contributed by atoms with Gasteiger partial charge < -0.3 is 0 Å². The van der Waals surface area contributed by atoms with E-state index in [0.717, 1.165) is 12.1 Å². The Labute approximate surface area is 161 Å². The summed E-state index contributed by atoms with van der Waals surface area (Å²) in [6, 6.07) is 10.4. The molecule has 2 nitrogen and oxygen atoms in total. The van der Waals surface area contributed by atoms with Gasteiger partial charge in [-0.25, -0.2) is 0 Å². The first kappa shape index (κ1) is 20.9. The van der Waals surface area contributed by atoms with Crippen molar-refractivity contribution < 1.29 is 0 Å². The second-order valence-electron chi connectivity index (χ2n) is 9.29. The molecule has 0 heterocycles. The number of azo groups is 1. The van der Waals surface area contributed by atoms with E-state index in [0.29, 0.717) is 23.7 Å². The van der Waals surface area contributed by atoms with Crippen LogP contribution in [-0.2, 0) is 0 Å². The van der Waals surface area contributed by atoms with Gasteiger partial charge in [0.1, 0.15) is 0 Å². The predicted molar refractivity (Wildman–Crippen MR) is 113 cm³/mol. The zero-order valence-electron chi connectivity index (χ0n) is 18.0. The Morgan fingerprint density at radius 2 is 1.35 bits per heavy atom.